The number of amides is 2. The van der Waals surface area contributed by atoms with Crippen LogP contribution in [0, 0.1) is 5.82 Å². The van der Waals surface area contributed by atoms with Gasteiger partial charge in [0.05, 0.1) is 11.9 Å². The van der Waals surface area contributed by atoms with Gasteiger partial charge in [-0.05, 0) is 18.1 Å². The summed E-state index contributed by atoms with van der Waals surface area (Å²) < 4.78 is 13.6. The van der Waals surface area contributed by atoms with E-state index in [0.717, 1.165) is 0 Å². The maximum Gasteiger partial charge on any atom is 0.243 e. The topological polar surface area (TPSA) is 78.4 Å². The Hall–Kier alpha value is -1.60. The second-order valence-corrected chi connectivity index (χ2v) is 5.93. The number of nitrogens with one attached hydrogen (secondary N) is 2. The molecule has 0 spiro atoms. The number of carbonyl (C=O) groups excluding carboxylic acids is 2. The summed E-state index contributed by atoms with van der Waals surface area (Å²) in [4.78, 5) is 23.7. The number of hydrogen-bond donors (Lipinski definition) is 3. The molecule has 114 valence electrons. The Balaban J connectivity index is 1.91. The third-order valence-corrected chi connectivity index (χ3v) is 4.47. The van der Waals surface area contributed by atoms with Crippen LogP contribution in [0.5, 0.6) is 0 Å². The standard InChI is InChI=1S/C14H17FN2O3S/c15-10-4-2-1-3-9(10)7-12-14(20)17-11(8-21-12)13(19)16-5-6-18/h1-4,11-12,18H,5-8H2,(H,16,19)(H,17,20)/t11-,12+/m0/s1. The Bertz CT molecular complexity index is 527. The zero-order valence-corrected chi connectivity index (χ0v) is 12.2. The molecule has 2 atom stereocenters. The number of rotatable bonds is 5. The highest BCUT2D eigenvalue weighted by atomic mass is 32.2. The van der Waals surface area contributed by atoms with E-state index in [1.165, 1.54) is 17.8 Å². The molecule has 5 nitrogen and oxygen atoms in total. The minimum atomic E-state index is -0.606. The molecule has 0 aromatic heterocycles. The highest BCUT2D eigenvalue weighted by Gasteiger charge is 2.32. The van der Waals surface area contributed by atoms with Gasteiger partial charge in [0.15, 0.2) is 0 Å². The third kappa shape index (κ3) is 4.18. The molecule has 21 heavy (non-hydrogen) atoms. The summed E-state index contributed by atoms with van der Waals surface area (Å²) >= 11 is 1.34. The van der Waals surface area contributed by atoms with E-state index in [2.05, 4.69) is 10.6 Å². The van der Waals surface area contributed by atoms with Crippen LogP contribution in [0.1, 0.15) is 5.56 Å². The van der Waals surface area contributed by atoms with E-state index in [1.807, 2.05) is 0 Å². The average Bonchev–Trinajstić information content (AvgIpc) is 2.49. The fourth-order valence-corrected chi connectivity index (χ4v) is 3.23. The lowest BCUT2D eigenvalue weighted by molar-refractivity contribution is -0.128. The predicted octanol–water partition coefficient (Wildman–Crippen LogP) is 0.0769. The first-order chi connectivity index (χ1) is 10.1. The minimum Gasteiger partial charge on any atom is -0.395 e. The summed E-state index contributed by atoms with van der Waals surface area (Å²) in [6.45, 7) is 0.0178. The molecular weight excluding hydrogens is 295 g/mol. The Kier molecular flexibility index (Phi) is 5.58. The first-order valence-electron chi connectivity index (χ1n) is 6.65. The van der Waals surface area contributed by atoms with Crippen molar-refractivity contribution in [3.8, 4) is 0 Å². The fraction of sp³-hybridized carbons (Fsp3) is 0.429. The predicted molar refractivity (Wildman–Crippen MR) is 78.4 cm³/mol. The number of thioether (sulfide) groups is 1. The lowest BCUT2D eigenvalue weighted by Crippen LogP contribution is -2.54. The van der Waals surface area contributed by atoms with E-state index < -0.39 is 11.3 Å². The van der Waals surface area contributed by atoms with E-state index in [0.29, 0.717) is 17.7 Å². The van der Waals surface area contributed by atoms with Crippen LogP contribution in [-0.2, 0) is 16.0 Å². The summed E-state index contributed by atoms with van der Waals surface area (Å²) in [6, 6.07) is 5.75. The highest BCUT2D eigenvalue weighted by Crippen LogP contribution is 2.23. The Morgan fingerprint density at radius 1 is 1.48 bits per heavy atom. The van der Waals surface area contributed by atoms with Crippen LogP contribution >= 0.6 is 11.8 Å². The van der Waals surface area contributed by atoms with Gasteiger partial charge in [-0.1, -0.05) is 18.2 Å². The maximum absolute atomic E-state index is 13.6. The molecule has 0 aliphatic carbocycles. The largest absolute Gasteiger partial charge is 0.395 e. The second kappa shape index (κ2) is 7.42. The minimum absolute atomic E-state index is 0.143. The van der Waals surface area contributed by atoms with Gasteiger partial charge in [0.2, 0.25) is 11.8 Å². The molecule has 2 rings (SSSR count). The van der Waals surface area contributed by atoms with Gasteiger partial charge in [-0.25, -0.2) is 4.39 Å². The summed E-state index contributed by atoms with van der Waals surface area (Å²) in [5.41, 5.74) is 0.494. The van der Waals surface area contributed by atoms with Gasteiger partial charge in [-0.2, -0.15) is 0 Å². The molecule has 1 aliphatic heterocycles. The quantitative estimate of drug-likeness (QED) is 0.719. The fourth-order valence-electron chi connectivity index (χ4n) is 2.05. The molecule has 0 bridgehead atoms. The molecule has 1 aliphatic rings. The average molecular weight is 312 g/mol. The monoisotopic (exact) mass is 312 g/mol. The van der Waals surface area contributed by atoms with E-state index in [-0.39, 0.29) is 30.8 Å². The molecule has 7 heteroatoms. The smallest absolute Gasteiger partial charge is 0.243 e. The van der Waals surface area contributed by atoms with Crippen LogP contribution in [0.4, 0.5) is 4.39 Å². The number of aliphatic hydroxyl groups is 1. The van der Waals surface area contributed by atoms with Crippen molar-refractivity contribution in [2.24, 2.45) is 0 Å². The van der Waals surface area contributed by atoms with Crippen molar-refractivity contribution in [2.45, 2.75) is 17.7 Å². The van der Waals surface area contributed by atoms with Gasteiger partial charge < -0.3 is 15.7 Å². The summed E-state index contributed by atoms with van der Waals surface area (Å²) in [6.07, 6.45) is 0.300. The van der Waals surface area contributed by atoms with Crippen LogP contribution in [0.3, 0.4) is 0 Å². The summed E-state index contributed by atoms with van der Waals surface area (Å²) in [5.74, 6) is -0.469. The molecule has 0 saturated carbocycles. The van der Waals surface area contributed by atoms with Crippen molar-refractivity contribution in [3.63, 3.8) is 0 Å². The van der Waals surface area contributed by atoms with E-state index in [4.69, 9.17) is 5.11 Å². The number of carbonyl (C=O) groups is 2. The molecule has 0 radical (unpaired) electrons. The lowest BCUT2D eigenvalue weighted by Gasteiger charge is -2.28. The van der Waals surface area contributed by atoms with Gasteiger partial charge in [-0.3, -0.25) is 9.59 Å². The molecule has 0 unspecified atom stereocenters. The van der Waals surface area contributed by atoms with Gasteiger partial charge >= 0.3 is 0 Å². The second-order valence-electron chi connectivity index (χ2n) is 4.69. The zero-order chi connectivity index (χ0) is 15.2. The number of hydrogen-bond acceptors (Lipinski definition) is 4. The van der Waals surface area contributed by atoms with E-state index in [1.54, 1.807) is 18.2 Å². The molecule has 1 fully saturated rings. The highest BCUT2D eigenvalue weighted by molar-refractivity contribution is 8.00. The van der Waals surface area contributed by atoms with E-state index >= 15 is 0 Å². The number of aliphatic hydroxyl groups excluding tert-OH is 1. The molecule has 3 N–H and O–H groups in total. The first-order valence-corrected chi connectivity index (χ1v) is 7.70. The van der Waals surface area contributed by atoms with E-state index in [9.17, 15) is 14.0 Å². The van der Waals surface area contributed by atoms with Gasteiger partial charge in [0.25, 0.3) is 0 Å². The van der Waals surface area contributed by atoms with Crippen LogP contribution in [-0.4, -0.2) is 47.1 Å². The Morgan fingerprint density at radius 2 is 2.24 bits per heavy atom. The molecular formula is C14H17FN2O3S. The van der Waals surface area contributed by atoms with Crippen molar-refractivity contribution >= 4 is 23.6 Å². The number of benzene rings is 1. The van der Waals surface area contributed by atoms with Crippen LogP contribution < -0.4 is 10.6 Å². The Morgan fingerprint density at radius 3 is 2.90 bits per heavy atom. The van der Waals surface area contributed by atoms with Crippen molar-refractivity contribution in [3.05, 3.63) is 35.6 Å². The van der Waals surface area contributed by atoms with Crippen molar-refractivity contribution in [1.29, 1.82) is 0 Å². The first kappa shape index (κ1) is 15.8. The van der Waals surface area contributed by atoms with Crippen LogP contribution in [0.2, 0.25) is 0 Å². The summed E-state index contributed by atoms with van der Waals surface area (Å²) in [7, 11) is 0. The van der Waals surface area contributed by atoms with Crippen LogP contribution in [0.25, 0.3) is 0 Å². The Labute approximate surface area is 126 Å². The van der Waals surface area contributed by atoms with Gasteiger partial charge in [0, 0.05) is 12.3 Å². The molecule has 2 amide bonds. The molecule has 1 aromatic carbocycles. The summed E-state index contributed by atoms with van der Waals surface area (Å²) in [5, 5.41) is 13.4. The third-order valence-electron chi connectivity index (χ3n) is 3.16. The normalized spacial score (nSPS) is 21.7. The van der Waals surface area contributed by atoms with Gasteiger partial charge in [0.1, 0.15) is 11.9 Å². The molecule has 1 aromatic rings. The maximum atomic E-state index is 13.6. The van der Waals surface area contributed by atoms with Crippen molar-refractivity contribution in [2.75, 3.05) is 18.9 Å². The molecule has 1 heterocycles. The van der Waals surface area contributed by atoms with Gasteiger partial charge in [-0.15, -0.1) is 11.8 Å². The van der Waals surface area contributed by atoms with Crippen molar-refractivity contribution < 1.29 is 19.1 Å². The van der Waals surface area contributed by atoms with Crippen molar-refractivity contribution in [1.82, 2.24) is 10.6 Å². The van der Waals surface area contributed by atoms with Crippen LogP contribution in [0.15, 0.2) is 24.3 Å². The SMILES string of the molecule is O=C(NCCO)[C@@H]1CS[C@H](Cc2ccccc2F)C(=O)N1. The molecule has 1 saturated heterocycles. The zero-order valence-electron chi connectivity index (χ0n) is 11.3. The lowest BCUT2D eigenvalue weighted by atomic mass is 10.1. The number of halogens is 1.